The number of benzene rings is 1. The Labute approximate surface area is 106 Å². The summed E-state index contributed by atoms with van der Waals surface area (Å²) in [4.78, 5) is 18.7. The quantitative estimate of drug-likeness (QED) is 0.787. The molecule has 100 valence electrons. The Bertz CT molecular complexity index is 626. The number of halogens is 3. The molecule has 0 aliphatic heterocycles. The van der Waals surface area contributed by atoms with Crippen LogP contribution in [0.3, 0.4) is 0 Å². The summed E-state index contributed by atoms with van der Waals surface area (Å²) in [5.41, 5.74) is -1.86. The SMILES string of the molecule is CCOC(=O)c1nc2ccccc2nc1C(F)(F)F. The number of esters is 1. The fourth-order valence-corrected chi connectivity index (χ4v) is 1.54. The third-order valence-electron chi connectivity index (χ3n) is 2.31. The molecule has 0 bridgehead atoms. The lowest BCUT2D eigenvalue weighted by Crippen LogP contribution is -2.19. The molecule has 0 radical (unpaired) electrons. The van der Waals surface area contributed by atoms with Gasteiger partial charge in [-0.3, -0.25) is 0 Å². The van der Waals surface area contributed by atoms with Crippen molar-refractivity contribution in [2.75, 3.05) is 6.61 Å². The molecular weight excluding hydrogens is 261 g/mol. The molecule has 0 unspecified atom stereocenters. The maximum absolute atomic E-state index is 12.9. The van der Waals surface area contributed by atoms with Gasteiger partial charge in [0.25, 0.3) is 0 Å². The van der Waals surface area contributed by atoms with Crippen molar-refractivity contribution in [1.82, 2.24) is 9.97 Å². The summed E-state index contributed by atoms with van der Waals surface area (Å²) in [6, 6.07) is 6.01. The number of fused-ring (bicyclic) bond motifs is 1. The number of nitrogens with zero attached hydrogens (tertiary/aromatic N) is 2. The zero-order valence-electron chi connectivity index (χ0n) is 9.86. The second-order valence-electron chi connectivity index (χ2n) is 3.63. The molecule has 0 aliphatic carbocycles. The second kappa shape index (κ2) is 4.83. The number of hydrogen-bond acceptors (Lipinski definition) is 4. The molecule has 4 nitrogen and oxygen atoms in total. The summed E-state index contributed by atoms with van der Waals surface area (Å²) >= 11 is 0. The molecule has 0 N–H and O–H groups in total. The van der Waals surface area contributed by atoms with E-state index < -0.39 is 23.5 Å². The van der Waals surface area contributed by atoms with E-state index in [9.17, 15) is 18.0 Å². The number of ether oxygens (including phenoxy) is 1. The topological polar surface area (TPSA) is 52.1 Å². The fourth-order valence-electron chi connectivity index (χ4n) is 1.54. The Morgan fingerprint density at radius 1 is 1.21 bits per heavy atom. The number of para-hydroxylation sites is 2. The van der Waals surface area contributed by atoms with Gasteiger partial charge in [-0.25, -0.2) is 14.8 Å². The summed E-state index contributed by atoms with van der Waals surface area (Å²) in [6.07, 6.45) is -4.76. The van der Waals surface area contributed by atoms with Crippen molar-refractivity contribution in [2.45, 2.75) is 13.1 Å². The standard InChI is InChI=1S/C12H9F3N2O2/c1-2-19-11(18)9-10(12(13,14)15)17-8-6-4-3-5-7(8)16-9/h3-6H,2H2,1H3. The van der Waals surface area contributed by atoms with Crippen molar-refractivity contribution in [2.24, 2.45) is 0 Å². The molecule has 2 rings (SSSR count). The number of aromatic nitrogens is 2. The Balaban J connectivity index is 2.67. The van der Waals surface area contributed by atoms with Crippen LogP contribution in [-0.4, -0.2) is 22.5 Å². The molecule has 0 saturated heterocycles. The van der Waals surface area contributed by atoms with Crippen molar-refractivity contribution >= 4 is 17.0 Å². The van der Waals surface area contributed by atoms with E-state index in [1.54, 1.807) is 12.1 Å². The van der Waals surface area contributed by atoms with E-state index in [2.05, 4.69) is 14.7 Å². The van der Waals surface area contributed by atoms with Crippen LogP contribution in [0.4, 0.5) is 13.2 Å². The first-order valence-electron chi connectivity index (χ1n) is 5.44. The summed E-state index contributed by atoms with van der Waals surface area (Å²) in [5, 5.41) is 0. The minimum atomic E-state index is -4.76. The Kier molecular flexibility index (Phi) is 3.37. The highest BCUT2D eigenvalue weighted by Gasteiger charge is 2.39. The van der Waals surface area contributed by atoms with Gasteiger partial charge in [0.15, 0.2) is 11.4 Å². The van der Waals surface area contributed by atoms with Crippen molar-refractivity contribution < 1.29 is 22.7 Å². The number of rotatable bonds is 2. The summed E-state index contributed by atoms with van der Waals surface area (Å²) in [7, 11) is 0. The molecule has 0 aliphatic rings. The molecule has 1 aromatic heterocycles. The largest absolute Gasteiger partial charge is 0.461 e. The first-order valence-corrected chi connectivity index (χ1v) is 5.44. The Morgan fingerprint density at radius 3 is 2.32 bits per heavy atom. The highest BCUT2D eigenvalue weighted by Crippen LogP contribution is 2.31. The molecule has 0 spiro atoms. The Morgan fingerprint density at radius 2 is 1.79 bits per heavy atom. The number of hydrogen-bond donors (Lipinski definition) is 0. The van der Waals surface area contributed by atoms with E-state index in [-0.39, 0.29) is 17.6 Å². The van der Waals surface area contributed by atoms with E-state index in [0.29, 0.717) is 0 Å². The van der Waals surface area contributed by atoms with Crippen molar-refractivity contribution in [3.63, 3.8) is 0 Å². The molecule has 0 atom stereocenters. The summed E-state index contributed by atoms with van der Waals surface area (Å²) < 4.78 is 43.2. The van der Waals surface area contributed by atoms with Gasteiger partial charge in [-0.05, 0) is 19.1 Å². The molecule has 1 heterocycles. The predicted octanol–water partition coefficient (Wildman–Crippen LogP) is 2.83. The number of carbonyl (C=O) groups is 1. The van der Waals surface area contributed by atoms with E-state index in [1.165, 1.54) is 19.1 Å². The maximum atomic E-state index is 12.9. The predicted molar refractivity (Wildman–Crippen MR) is 60.5 cm³/mol. The highest BCUT2D eigenvalue weighted by molar-refractivity contribution is 5.91. The summed E-state index contributed by atoms with van der Waals surface area (Å²) in [5.74, 6) is -1.13. The first-order chi connectivity index (χ1) is 8.93. The molecule has 2 aromatic rings. The van der Waals surface area contributed by atoms with Gasteiger partial charge in [-0.15, -0.1) is 0 Å². The lowest BCUT2D eigenvalue weighted by Gasteiger charge is -2.11. The second-order valence-corrected chi connectivity index (χ2v) is 3.63. The molecule has 0 amide bonds. The van der Waals surface area contributed by atoms with Gasteiger partial charge < -0.3 is 4.74 Å². The van der Waals surface area contributed by atoms with Crippen molar-refractivity contribution in [3.05, 3.63) is 35.7 Å². The van der Waals surface area contributed by atoms with Crippen LogP contribution < -0.4 is 0 Å². The fraction of sp³-hybridized carbons (Fsp3) is 0.250. The van der Waals surface area contributed by atoms with Gasteiger partial charge in [0, 0.05) is 0 Å². The van der Waals surface area contributed by atoms with Crippen LogP contribution in [0, 0.1) is 0 Å². The summed E-state index contributed by atoms with van der Waals surface area (Å²) in [6.45, 7) is 1.46. The van der Waals surface area contributed by atoms with Crippen molar-refractivity contribution in [3.8, 4) is 0 Å². The minimum Gasteiger partial charge on any atom is -0.461 e. The zero-order chi connectivity index (χ0) is 14.0. The van der Waals surface area contributed by atoms with Gasteiger partial charge in [-0.2, -0.15) is 13.2 Å². The van der Waals surface area contributed by atoms with E-state index >= 15 is 0 Å². The molecular formula is C12H9F3N2O2. The van der Waals surface area contributed by atoms with Crippen molar-refractivity contribution in [1.29, 1.82) is 0 Å². The van der Waals surface area contributed by atoms with Crippen LogP contribution in [0.25, 0.3) is 11.0 Å². The van der Waals surface area contributed by atoms with Crippen LogP contribution in [0.15, 0.2) is 24.3 Å². The monoisotopic (exact) mass is 270 g/mol. The lowest BCUT2D eigenvalue weighted by atomic mass is 10.2. The van der Waals surface area contributed by atoms with Gasteiger partial charge in [-0.1, -0.05) is 12.1 Å². The lowest BCUT2D eigenvalue weighted by molar-refractivity contribution is -0.141. The highest BCUT2D eigenvalue weighted by atomic mass is 19.4. The van der Waals surface area contributed by atoms with Crippen LogP contribution >= 0.6 is 0 Å². The van der Waals surface area contributed by atoms with Gasteiger partial charge in [0.1, 0.15) is 0 Å². The van der Waals surface area contributed by atoms with Gasteiger partial charge >= 0.3 is 12.1 Å². The van der Waals surface area contributed by atoms with Gasteiger partial charge in [0.05, 0.1) is 17.6 Å². The van der Waals surface area contributed by atoms with Crippen LogP contribution in [-0.2, 0) is 10.9 Å². The third kappa shape index (κ3) is 2.64. The van der Waals surface area contributed by atoms with Crippen LogP contribution in [0.1, 0.15) is 23.1 Å². The smallest absolute Gasteiger partial charge is 0.435 e. The zero-order valence-corrected chi connectivity index (χ0v) is 9.86. The van der Waals surface area contributed by atoms with Gasteiger partial charge in [0.2, 0.25) is 0 Å². The molecule has 1 aromatic carbocycles. The molecule has 19 heavy (non-hydrogen) atoms. The first kappa shape index (κ1) is 13.3. The minimum absolute atomic E-state index is 0.0371. The average molecular weight is 270 g/mol. The van der Waals surface area contributed by atoms with Crippen LogP contribution in [0.2, 0.25) is 0 Å². The maximum Gasteiger partial charge on any atom is 0.435 e. The van der Waals surface area contributed by atoms with Crippen LogP contribution in [0.5, 0.6) is 0 Å². The average Bonchev–Trinajstić information content (AvgIpc) is 2.36. The van der Waals surface area contributed by atoms with E-state index in [4.69, 9.17) is 0 Å². The molecule has 0 saturated carbocycles. The molecule has 7 heteroatoms. The molecule has 0 fully saturated rings. The third-order valence-corrected chi connectivity index (χ3v) is 2.31. The normalized spacial score (nSPS) is 11.6. The Hall–Kier alpha value is -2.18. The number of carbonyl (C=O) groups excluding carboxylic acids is 1. The number of alkyl halides is 3. The van der Waals surface area contributed by atoms with E-state index in [0.717, 1.165) is 0 Å². The van der Waals surface area contributed by atoms with E-state index in [1.807, 2.05) is 0 Å².